The highest BCUT2D eigenvalue weighted by molar-refractivity contribution is 6.05. The zero-order valence-corrected chi connectivity index (χ0v) is 9.14. The molecule has 0 aromatic carbocycles. The highest BCUT2D eigenvalue weighted by Crippen LogP contribution is 2.32. The first-order valence-electron chi connectivity index (χ1n) is 5.25. The van der Waals surface area contributed by atoms with Crippen molar-refractivity contribution >= 4 is 5.78 Å². The summed E-state index contributed by atoms with van der Waals surface area (Å²) in [5, 5.41) is 19.2. The Morgan fingerprint density at radius 2 is 2.38 bits per heavy atom. The van der Waals surface area contributed by atoms with E-state index < -0.39 is 5.79 Å². The number of aliphatic hydroxyl groups is 2. The molecule has 5 heteroatoms. The lowest BCUT2D eigenvalue weighted by atomic mass is 9.96. The summed E-state index contributed by atoms with van der Waals surface area (Å²) in [7, 11) is 0. The summed E-state index contributed by atoms with van der Waals surface area (Å²) in [5.41, 5.74) is 0.889. The van der Waals surface area contributed by atoms with Gasteiger partial charge in [0, 0.05) is 19.2 Å². The first-order valence-corrected chi connectivity index (χ1v) is 5.25. The van der Waals surface area contributed by atoms with E-state index in [1.165, 1.54) is 12.2 Å². The molecule has 0 saturated carbocycles. The molecule has 5 nitrogen and oxygen atoms in total. The molecule has 88 valence electrons. The van der Waals surface area contributed by atoms with Crippen molar-refractivity contribution in [2.24, 2.45) is 0 Å². The van der Waals surface area contributed by atoms with Crippen LogP contribution < -0.4 is 0 Å². The number of carbonyl (C=O) groups is 1. The van der Waals surface area contributed by atoms with Crippen LogP contribution >= 0.6 is 0 Å². The van der Waals surface area contributed by atoms with Crippen LogP contribution in [0, 0.1) is 0 Å². The van der Waals surface area contributed by atoms with E-state index in [9.17, 15) is 9.90 Å². The van der Waals surface area contributed by atoms with Gasteiger partial charge >= 0.3 is 0 Å². The fraction of sp³-hybridized carbons (Fsp3) is 0.545. The number of hydrogen-bond donors (Lipinski definition) is 2. The number of allylic oxidation sites excluding steroid dienone is 2. The summed E-state index contributed by atoms with van der Waals surface area (Å²) in [4.78, 5) is 13.3. The molecular weight excluding hydrogens is 210 g/mol. The van der Waals surface area contributed by atoms with Gasteiger partial charge in [0.15, 0.2) is 5.78 Å². The molecule has 1 saturated heterocycles. The van der Waals surface area contributed by atoms with Gasteiger partial charge < -0.3 is 19.8 Å². The Morgan fingerprint density at radius 3 is 3.06 bits per heavy atom. The number of β-amino-alcohol motifs (C(OH)–C–C–N with tert-alkyl or cyclic N) is 1. The SMILES string of the molecule is CC1=C[C@]2(O)OCCN(CCO)C2=CC1=O. The van der Waals surface area contributed by atoms with Crippen LogP contribution in [0.3, 0.4) is 0 Å². The van der Waals surface area contributed by atoms with Gasteiger partial charge in [0.05, 0.1) is 18.9 Å². The summed E-state index contributed by atoms with van der Waals surface area (Å²) in [6.07, 6.45) is 2.80. The molecule has 1 aliphatic heterocycles. The van der Waals surface area contributed by atoms with Crippen molar-refractivity contribution in [3.05, 3.63) is 23.4 Å². The fourth-order valence-corrected chi connectivity index (χ4v) is 2.00. The maximum absolute atomic E-state index is 11.5. The first-order chi connectivity index (χ1) is 7.57. The first kappa shape index (κ1) is 11.3. The number of rotatable bonds is 2. The van der Waals surface area contributed by atoms with Crippen molar-refractivity contribution in [2.75, 3.05) is 26.3 Å². The minimum atomic E-state index is -1.51. The maximum atomic E-state index is 11.5. The van der Waals surface area contributed by atoms with E-state index in [2.05, 4.69) is 0 Å². The predicted molar refractivity (Wildman–Crippen MR) is 56.4 cm³/mol. The van der Waals surface area contributed by atoms with Crippen LogP contribution in [0.1, 0.15) is 6.92 Å². The fourth-order valence-electron chi connectivity index (χ4n) is 2.00. The monoisotopic (exact) mass is 225 g/mol. The molecule has 1 fully saturated rings. The number of morpholine rings is 1. The van der Waals surface area contributed by atoms with Crippen molar-refractivity contribution in [1.82, 2.24) is 4.90 Å². The van der Waals surface area contributed by atoms with Gasteiger partial charge in [-0.3, -0.25) is 4.79 Å². The number of hydrogen-bond acceptors (Lipinski definition) is 5. The summed E-state index contributed by atoms with van der Waals surface area (Å²) >= 11 is 0. The standard InChI is InChI=1S/C11H15NO4/c1-8-7-11(15)10(6-9(8)14)12(2-4-13)3-5-16-11/h6-7,13,15H,2-5H2,1H3/t11-/m0/s1. The van der Waals surface area contributed by atoms with Gasteiger partial charge in [0.2, 0.25) is 5.79 Å². The zero-order valence-electron chi connectivity index (χ0n) is 9.14. The zero-order chi connectivity index (χ0) is 11.8. The van der Waals surface area contributed by atoms with Gasteiger partial charge in [-0.1, -0.05) is 0 Å². The molecule has 2 rings (SSSR count). The Bertz CT molecular complexity index is 372. The van der Waals surface area contributed by atoms with E-state index in [0.29, 0.717) is 31.0 Å². The Labute approximate surface area is 93.6 Å². The van der Waals surface area contributed by atoms with Crippen LogP contribution in [-0.4, -0.2) is 53.0 Å². The molecule has 16 heavy (non-hydrogen) atoms. The lowest BCUT2D eigenvalue weighted by Crippen LogP contribution is -2.51. The molecular formula is C11H15NO4. The second-order valence-electron chi connectivity index (χ2n) is 3.98. The van der Waals surface area contributed by atoms with Crippen LogP contribution in [0.5, 0.6) is 0 Å². The predicted octanol–water partition coefficient (Wildman–Crippen LogP) is -0.588. The molecule has 0 spiro atoms. The third kappa shape index (κ3) is 1.77. The van der Waals surface area contributed by atoms with Crippen molar-refractivity contribution in [2.45, 2.75) is 12.7 Å². The Kier molecular flexibility index (Phi) is 2.84. The second-order valence-corrected chi connectivity index (χ2v) is 3.98. The van der Waals surface area contributed by atoms with E-state index >= 15 is 0 Å². The van der Waals surface area contributed by atoms with Gasteiger partial charge in [-0.15, -0.1) is 0 Å². The maximum Gasteiger partial charge on any atom is 0.228 e. The van der Waals surface area contributed by atoms with Crippen molar-refractivity contribution in [3.8, 4) is 0 Å². The third-order valence-corrected chi connectivity index (χ3v) is 2.83. The Balaban J connectivity index is 2.33. The van der Waals surface area contributed by atoms with Crippen LogP contribution in [0.25, 0.3) is 0 Å². The lowest BCUT2D eigenvalue weighted by molar-refractivity contribution is -0.179. The molecule has 1 aliphatic carbocycles. The third-order valence-electron chi connectivity index (χ3n) is 2.83. The van der Waals surface area contributed by atoms with E-state index in [4.69, 9.17) is 9.84 Å². The number of fused-ring (bicyclic) bond motifs is 1. The molecule has 2 N–H and O–H groups in total. The van der Waals surface area contributed by atoms with Crippen molar-refractivity contribution in [3.63, 3.8) is 0 Å². The number of carbonyl (C=O) groups excluding carboxylic acids is 1. The molecule has 0 radical (unpaired) electrons. The highest BCUT2D eigenvalue weighted by Gasteiger charge is 2.41. The molecule has 2 aliphatic rings. The van der Waals surface area contributed by atoms with Crippen LogP contribution in [0.15, 0.2) is 23.4 Å². The smallest absolute Gasteiger partial charge is 0.228 e. The normalized spacial score (nSPS) is 29.7. The Hall–Kier alpha value is -1.17. The van der Waals surface area contributed by atoms with Gasteiger partial charge in [0.25, 0.3) is 0 Å². The summed E-state index contributed by atoms with van der Waals surface area (Å²) in [6, 6.07) is 0. The molecule has 0 aromatic heterocycles. The second kappa shape index (κ2) is 4.01. The molecule has 0 unspecified atom stereocenters. The molecule has 0 amide bonds. The molecule has 0 aromatic rings. The van der Waals surface area contributed by atoms with Crippen molar-refractivity contribution in [1.29, 1.82) is 0 Å². The number of aliphatic hydroxyl groups excluding tert-OH is 1. The number of ketones is 1. The average Bonchev–Trinajstić information content (AvgIpc) is 2.22. The number of nitrogens with zero attached hydrogens (tertiary/aromatic N) is 1. The minimum absolute atomic E-state index is 0.0235. The van der Waals surface area contributed by atoms with E-state index in [0.717, 1.165) is 0 Å². The molecule has 1 atom stereocenters. The van der Waals surface area contributed by atoms with Gasteiger partial charge in [-0.25, -0.2) is 0 Å². The molecule has 1 heterocycles. The Morgan fingerprint density at radius 1 is 1.62 bits per heavy atom. The summed E-state index contributed by atoms with van der Waals surface area (Å²) in [5.74, 6) is -1.64. The minimum Gasteiger partial charge on any atom is -0.395 e. The quantitative estimate of drug-likeness (QED) is 0.657. The summed E-state index contributed by atoms with van der Waals surface area (Å²) < 4.78 is 5.30. The van der Waals surface area contributed by atoms with Gasteiger partial charge in [0.1, 0.15) is 0 Å². The van der Waals surface area contributed by atoms with Crippen LogP contribution in [0.2, 0.25) is 0 Å². The van der Waals surface area contributed by atoms with E-state index in [1.54, 1.807) is 11.8 Å². The lowest BCUT2D eigenvalue weighted by Gasteiger charge is -2.42. The van der Waals surface area contributed by atoms with Gasteiger partial charge in [-0.2, -0.15) is 0 Å². The summed E-state index contributed by atoms with van der Waals surface area (Å²) in [6.45, 7) is 2.94. The van der Waals surface area contributed by atoms with E-state index in [-0.39, 0.29) is 12.4 Å². The molecule has 0 bridgehead atoms. The van der Waals surface area contributed by atoms with Crippen molar-refractivity contribution < 1.29 is 19.7 Å². The van der Waals surface area contributed by atoms with Crippen LogP contribution in [0.4, 0.5) is 0 Å². The van der Waals surface area contributed by atoms with E-state index in [1.807, 2.05) is 0 Å². The average molecular weight is 225 g/mol. The number of ether oxygens (including phenoxy) is 1. The van der Waals surface area contributed by atoms with Gasteiger partial charge in [-0.05, 0) is 18.6 Å². The highest BCUT2D eigenvalue weighted by atomic mass is 16.6. The largest absolute Gasteiger partial charge is 0.395 e. The van der Waals surface area contributed by atoms with Crippen LogP contribution in [-0.2, 0) is 9.53 Å². The topological polar surface area (TPSA) is 70.0 Å².